The van der Waals surface area contributed by atoms with E-state index in [4.69, 9.17) is 6.42 Å². The minimum absolute atomic E-state index is 0.0250. The normalized spacial score (nSPS) is 34.5. The summed E-state index contributed by atoms with van der Waals surface area (Å²) >= 11 is 0. The van der Waals surface area contributed by atoms with Crippen molar-refractivity contribution in [2.45, 2.75) is 32.4 Å². The molecule has 0 radical (unpaired) electrons. The predicted molar refractivity (Wildman–Crippen MR) is 40.7 cm³/mol. The Bertz CT molecular complexity index is 216. The number of carbonyl (C=O) groups is 1. The van der Waals surface area contributed by atoms with E-state index >= 15 is 0 Å². The molecule has 60 valence electrons. The second-order valence-corrected chi connectivity index (χ2v) is 3.22. The fourth-order valence-electron chi connectivity index (χ4n) is 1.07. The Balaban J connectivity index is 2.39. The number of Topliss-reactive ketones (excluding diaryl/α,β-unsaturated/α-hetero) is 1. The summed E-state index contributed by atoms with van der Waals surface area (Å²) in [7, 11) is 0. The molecular formula is C9H11FO. The molecule has 2 atom stereocenters. The van der Waals surface area contributed by atoms with Crippen molar-refractivity contribution >= 4 is 5.78 Å². The van der Waals surface area contributed by atoms with Crippen molar-refractivity contribution < 1.29 is 9.18 Å². The van der Waals surface area contributed by atoms with Crippen molar-refractivity contribution in [3.63, 3.8) is 0 Å². The zero-order chi connectivity index (χ0) is 8.48. The van der Waals surface area contributed by atoms with Crippen LogP contribution in [0, 0.1) is 17.8 Å². The van der Waals surface area contributed by atoms with Crippen molar-refractivity contribution in [3.05, 3.63) is 0 Å². The lowest BCUT2D eigenvalue weighted by molar-refractivity contribution is -0.124. The molecule has 0 aromatic carbocycles. The topological polar surface area (TPSA) is 17.1 Å². The van der Waals surface area contributed by atoms with Crippen molar-refractivity contribution in [3.8, 4) is 12.3 Å². The molecule has 0 amide bonds. The van der Waals surface area contributed by atoms with E-state index < -0.39 is 11.6 Å². The Hall–Kier alpha value is -0.840. The van der Waals surface area contributed by atoms with Gasteiger partial charge in [-0.05, 0) is 13.3 Å². The van der Waals surface area contributed by atoms with Crippen LogP contribution in [-0.2, 0) is 4.79 Å². The van der Waals surface area contributed by atoms with Crippen molar-refractivity contribution in [1.82, 2.24) is 0 Å². The Morgan fingerprint density at radius 1 is 1.91 bits per heavy atom. The Morgan fingerprint density at radius 3 is 2.82 bits per heavy atom. The summed E-state index contributed by atoms with van der Waals surface area (Å²) in [5.74, 6) is 2.34. The van der Waals surface area contributed by atoms with E-state index in [0.717, 1.165) is 0 Å². The first-order chi connectivity index (χ1) is 5.11. The monoisotopic (exact) mass is 154 g/mol. The van der Waals surface area contributed by atoms with Gasteiger partial charge in [-0.3, -0.25) is 4.79 Å². The fraction of sp³-hybridized carbons (Fsp3) is 0.667. The third-order valence-electron chi connectivity index (χ3n) is 2.27. The molecule has 0 bridgehead atoms. The van der Waals surface area contributed by atoms with E-state index in [1.165, 1.54) is 0 Å². The lowest BCUT2D eigenvalue weighted by Crippen LogP contribution is -2.14. The number of halogens is 1. The molecular weight excluding hydrogens is 143 g/mol. The Morgan fingerprint density at radius 2 is 2.45 bits per heavy atom. The molecule has 2 unspecified atom stereocenters. The highest BCUT2D eigenvalue weighted by Gasteiger charge is 2.56. The summed E-state index contributed by atoms with van der Waals surface area (Å²) in [6.45, 7) is 1.66. The van der Waals surface area contributed by atoms with Gasteiger partial charge in [0.2, 0.25) is 0 Å². The van der Waals surface area contributed by atoms with Crippen LogP contribution in [0.3, 0.4) is 0 Å². The maximum absolute atomic E-state index is 12.6. The molecule has 0 aromatic heterocycles. The van der Waals surface area contributed by atoms with Crippen LogP contribution in [0.1, 0.15) is 26.2 Å². The van der Waals surface area contributed by atoms with Gasteiger partial charge in [0.15, 0.2) is 0 Å². The van der Waals surface area contributed by atoms with Gasteiger partial charge in [-0.25, -0.2) is 4.39 Å². The maximum Gasteiger partial charge on any atom is 0.142 e. The Labute approximate surface area is 66.0 Å². The summed E-state index contributed by atoms with van der Waals surface area (Å²) in [5, 5.41) is 0. The van der Waals surface area contributed by atoms with Gasteiger partial charge >= 0.3 is 0 Å². The number of terminal acetylenes is 1. The van der Waals surface area contributed by atoms with Crippen molar-refractivity contribution in [2.24, 2.45) is 5.41 Å². The van der Waals surface area contributed by atoms with Crippen LogP contribution in [0.2, 0.25) is 0 Å². The Kier molecular flexibility index (Phi) is 1.99. The van der Waals surface area contributed by atoms with Crippen LogP contribution < -0.4 is 0 Å². The van der Waals surface area contributed by atoms with Gasteiger partial charge in [-0.15, -0.1) is 12.3 Å². The van der Waals surface area contributed by atoms with Crippen LogP contribution in [0.25, 0.3) is 0 Å². The second kappa shape index (κ2) is 2.65. The van der Waals surface area contributed by atoms with Crippen LogP contribution in [-0.4, -0.2) is 12.0 Å². The minimum atomic E-state index is -0.923. The van der Waals surface area contributed by atoms with Crippen molar-refractivity contribution in [1.29, 1.82) is 0 Å². The van der Waals surface area contributed by atoms with Gasteiger partial charge in [0, 0.05) is 12.8 Å². The van der Waals surface area contributed by atoms with Gasteiger partial charge in [0.1, 0.15) is 12.0 Å². The SMILES string of the molecule is C#CCCC(=O)C1(C)CC1F. The summed E-state index contributed by atoms with van der Waals surface area (Å²) in [6, 6.07) is 0. The third-order valence-corrected chi connectivity index (χ3v) is 2.27. The summed E-state index contributed by atoms with van der Waals surface area (Å²) in [4.78, 5) is 11.2. The molecule has 2 heteroatoms. The lowest BCUT2D eigenvalue weighted by Gasteiger charge is -2.03. The van der Waals surface area contributed by atoms with Crippen LogP contribution in [0.4, 0.5) is 4.39 Å². The molecule has 0 aromatic rings. The standard InChI is InChI=1S/C9H11FO/c1-3-4-5-8(11)9(2)6-7(9)10/h1,7H,4-6H2,2H3. The fourth-order valence-corrected chi connectivity index (χ4v) is 1.07. The van der Waals surface area contributed by atoms with Crippen molar-refractivity contribution in [2.75, 3.05) is 0 Å². The first-order valence-corrected chi connectivity index (χ1v) is 3.72. The average Bonchev–Trinajstić information content (AvgIpc) is 2.56. The number of hydrogen-bond acceptors (Lipinski definition) is 1. The van der Waals surface area contributed by atoms with Gasteiger partial charge in [-0.2, -0.15) is 0 Å². The van der Waals surface area contributed by atoms with Crippen LogP contribution in [0.15, 0.2) is 0 Å². The molecule has 1 rings (SSSR count). The van der Waals surface area contributed by atoms with E-state index in [0.29, 0.717) is 19.3 Å². The number of ketones is 1. The zero-order valence-electron chi connectivity index (χ0n) is 6.56. The quantitative estimate of drug-likeness (QED) is 0.565. The number of alkyl halides is 1. The molecule has 0 saturated heterocycles. The highest BCUT2D eigenvalue weighted by molar-refractivity contribution is 5.88. The highest BCUT2D eigenvalue weighted by Crippen LogP contribution is 2.49. The minimum Gasteiger partial charge on any atom is -0.299 e. The van der Waals surface area contributed by atoms with Gasteiger partial charge in [-0.1, -0.05) is 0 Å². The lowest BCUT2D eigenvalue weighted by atomic mass is 10.00. The van der Waals surface area contributed by atoms with E-state index in [1.807, 2.05) is 0 Å². The smallest absolute Gasteiger partial charge is 0.142 e. The largest absolute Gasteiger partial charge is 0.299 e. The number of carbonyl (C=O) groups excluding carboxylic acids is 1. The summed E-state index contributed by atoms with van der Waals surface area (Å²) in [6.07, 6.45) is 5.20. The summed E-state index contributed by atoms with van der Waals surface area (Å²) < 4.78 is 12.6. The predicted octanol–water partition coefficient (Wildman–Crippen LogP) is 1.72. The van der Waals surface area contributed by atoms with Crippen LogP contribution in [0.5, 0.6) is 0 Å². The molecule has 1 nitrogen and oxygen atoms in total. The third kappa shape index (κ3) is 1.42. The van der Waals surface area contributed by atoms with Gasteiger partial charge < -0.3 is 0 Å². The molecule has 0 N–H and O–H groups in total. The maximum atomic E-state index is 12.6. The summed E-state index contributed by atoms with van der Waals surface area (Å²) in [5.41, 5.74) is -0.684. The molecule has 0 spiro atoms. The first kappa shape index (κ1) is 8.26. The van der Waals surface area contributed by atoms with E-state index in [1.54, 1.807) is 6.92 Å². The van der Waals surface area contributed by atoms with E-state index in [2.05, 4.69) is 5.92 Å². The molecule has 0 heterocycles. The molecule has 11 heavy (non-hydrogen) atoms. The second-order valence-electron chi connectivity index (χ2n) is 3.22. The molecule has 1 fully saturated rings. The zero-order valence-corrected chi connectivity index (χ0v) is 6.56. The first-order valence-electron chi connectivity index (χ1n) is 3.72. The molecule has 1 aliphatic rings. The van der Waals surface area contributed by atoms with E-state index in [9.17, 15) is 9.18 Å². The molecule has 1 saturated carbocycles. The number of hydrogen-bond donors (Lipinski definition) is 0. The number of rotatable bonds is 3. The van der Waals surface area contributed by atoms with Gasteiger partial charge in [0.05, 0.1) is 5.41 Å². The molecule has 0 aliphatic heterocycles. The van der Waals surface area contributed by atoms with Crippen LogP contribution >= 0.6 is 0 Å². The average molecular weight is 154 g/mol. The van der Waals surface area contributed by atoms with Gasteiger partial charge in [0.25, 0.3) is 0 Å². The molecule has 1 aliphatic carbocycles. The highest BCUT2D eigenvalue weighted by atomic mass is 19.1. The van der Waals surface area contributed by atoms with E-state index in [-0.39, 0.29) is 5.78 Å².